The maximum Gasteiger partial charge on any atom is 0.141 e. The predicted molar refractivity (Wildman–Crippen MR) is 149 cm³/mol. The molecule has 0 saturated heterocycles. The fraction of sp³-hybridized carbons (Fsp3) is 0.312. The summed E-state index contributed by atoms with van der Waals surface area (Å²) in [5.74, 6) is 0.616. The van der Waals surface area contributed by atoms with Gasteiger partial charge in [-0.05, 0) is 70.5 Å². The van der Waals surface area contributed by atoms with Gasteiger partial charge in [0.15, 0.2) is 0 Å². The van der Waals surface area contributed by atoms with Crippen LogP contribution in [-0.4, -0.2) is 24.2 Å². The Kier molecular flexibility index (Phi) is 7.29. The smallest absolute Gasteiger partial charge is 0.141 e. The van der Waals surface area contributed by atoms with Crippen LogP contribution >= 0.6 is 0 Å². The average molecular weight is 517 g/mol. The molecule has 0 aliphatic carbocycles. The lowest BCUT2D eigenvalue weighted by atomic mass is 9.80. The molecule has 0 saturated carbocycles. The monoisotopic (exact) mass is 516 g/mol. The van der Waals surface area contributed by atoms with E-state index in [1.54, 1.807) is 26.4 Å². The van der Waals surface area contributed by atoms with E-state index >= 15 is 0 Å². The van der Waals surface area contributed by atoms with Gasteiger partial charge in [0.25, 0.3) is 0 Å². The molecule has 38 heavy (non-hydrogen) atoms. The van der Waals surface area contributed by atoms with Gasteiger partial charge in [0.2, 0.25) is 0 Å². The Hall–Kier alpha value is -3.80. The van der Waals surface area contributed by atoms with Gasteiger partial charge < -0.3 is 9.47 Å². The largest absolute Gasteiger partial charge is 0.496 e. The Morgan fingerprint density at radius 1 is 0.553 bits per heavy atom. The van der Waals surface area contributed by atoms with E-state index in [1.807, 2.05) is 12.1 Å². The topological polar surface area (TPSA) is 44.2 Å². The fourth-order valence-electron chi connectivity index (χ4n) is 4.61. The quantitative estimate of drug-likeness (QED) is 0.267. The molecule has 0 aliphatic heterocycles. The third-order valence-electron chi connectivity index (χ3n) is 6.59. The van der Waals surface area contributed by atoms with Crippen LogP contribution in [0, 0.1) is 11.6 Å². The number of hydrogen-bond acceptors (Lipinski definition) is 4. The van der Waals surface area contributed by atoms with Crippen LogP contribution < -0.4 is 9.47 Å². The Bertz CT molecular complexity index is 1340. The van der Waals surface area contributed by atoms with Crippen molar-refractivity contribution in [3.8, 4) is 45.1 Å². The zero-order valence-electron chi connectivity index (χ0n) is 23.2. The lowest BCUT2D eigenvalue weighted by Gasteiger charge is -2.27. The summed E-state index contributed by atoms with van der Waals surface area (Å²) in [4.78, 5) is 8.83. The van der Waals surface area contributed by atoms with E-state index in [0.29, 0.717) is 11.4 Å². The van der Waals surface area contributed by atoms with Gasteiger partial charge in [0.1, 0.15) is 23.1 Å². The molecule has 4 aromatic rings. The van der Waals surface area contributed by atoms with Crippen LogP contribution in [0.3, 0.4) is 0 Å². The summed E-state index contributed by atoms with van der Waals surface area (Å²) in [7, 11) is 3.30. The Labute approximate surface area is 223 Å². The number of ether oxygens (including phenoxy) is 2. The highest BCUT2D eigenvalue weighted by Crippen LogP contribution is 2.46. The van der Waals surface area contributed by atoms with Crippen LogP contribution in [0.15, 0.2) is 60.9 Å². The predicted octanol–water partition coefficient (Wildman–Crippen LogP) is 8.37. The first-order valence-electron chi connectivity index (χ1n) is 12.5. The highest BCUT2D eigenvalue weighted by atomic mass is 19.1. The maximum atomic E-state index is 13.8. The molecule has 0 amide bonds. The van der Waals surface area contributed by atoms with Gasteiger partial charge in [-0.15, -0.1) is 0 Å². The lowest BCUT2D eigenvalue weighted by molar-refractivity contribution is 0.397. The van der Waals surface area contributed by atoms with Crippen molar-refractivity contribution >= 4 is 0 Å². The minimum Gasteiger partial charge on any atom is -0.496 e. The normalized spacial score (nSPS) is 11.9. The van der Waals surface area contributed by atoms with Crippen LogP contribution in [0.1, 0.15) is 52.7 Å². The second-order valence-electron chi connectivity index (χ2n) is 11.4. The lowest BCUT2D eigenvalue weighted by Crippen LogP contribution is -2.14. The SMILES string of the molecule is COc1cc(-c2cc(OC)c(C(C)(C)C)cc2-c2ccc(F)cn2)c(-c2ccc(F)cn2)cc1C(C)(C)C. The summed E-state index contributed by atoms with van der Waals surface area (Å²) in [5, 5.41) is 0. The van der Waals surface area contributed by atoms with Crippen LogP contribution in [0.4, 0.5) is 8.78 Å². The standard InChI is InChI=1S/C32H34F2N2O2/c1-31(2,3)25-13-23(27-11-9-19(33)17-35-27)21(15-29(25)37-7)22-16-30(38-8)26(32(4,5)6)14-24(22)28-12-10-20(34)18-36-28/h9-18H,1-8H3. The molecule has 0 radical (unpaired) electrons. The van der Waals surface area contributed by atoms with Gasteiger partial charge in [0.05, 0.1) is 38.0 Å². The van der Waals surface area contributed by atoms with Crippen LogP contribution in [0.5, 0.6) is 11.5 Å². The summed E-state index contributed by atoms with van der Waals surface area (Å²) in [6, 6.07) is 14.2. The first-order chi connectivity index (χ1) is 17.8. The maximum absolute atomic E-state index is 13.8. The van der Waals surface area contributed by atoms with Crippen LogP contribution in [-0.2, 0) is 10.8 Å². The van der Waals surface area contributed by atoms with Crippen LogP contribution in [0.25, 0.3) is 33.6 Å². The van der Waals surface area contributed by atoms with Crippen LogP contribution in [0.2, 0.25) is 0 Å². The highest BCUT2D eigenvalue weighted by Gasteiger charge is 2.27. The van der Waals surface area contributed by atoms with Gasteiger partial charge in [-0.25, -0.2) is 8.78 Å². The minimum absolute atomic E-state index is 0.228. The highest BCUT2D eigenvalue weighted by molar-refractivity contribution is 5.92. The molecule has 198 valence electrons. The molecule has 2 aromatic carbocycles. The minimum atomic E-state index is -0.410. The van der Waals surface area contributed by atoms with E-state index in [4.69, 9.17) is 9.47 Å². The van der Waals surface area contributed by atoms with Crippen molar-refractivity contribution in [2.75, 3.05) is 14.2 Å². The van der Waals surface area contributed by atoms with Gasteiger partial charge in [-0.2, -0.15) is 0 Å². The molecule has 0 atom stereocenters. The molecule has 0 unspecified atom stereocenters. The number of hydrogen-bond donors (Lipinski definition) is 0. The molecule has 0 aliphatic rings. The number of nitrogens with zero attached hydrogens (tertiary/aromatic N) is 2. The summed E-state index contributed by atoms with van der Waals surface area (Å²) in [6.07, 6.45) is 2.43. The van der Waals surface area contributed by atoms with Gasteiger partial charge in [-0.3, -0.25) is 9.97 Å². The zero-order valence-corrected chi connectivity index (χ0v) is 23.2. The third kappa shape index (κ3) is 5.40. The first kappa shape index (κ1) is 27.2. The van der Waals surface area contributed by atoms with Gasteiger partial charge in [0, 0.05) is 22.3 Å². The Morgan fingerprint density at radius 3 is 1.18 bits per heavy atom. The van der Waals surface area contributed by atoms with Crippen molar-refractivity contribution in [2.45, 2.75) is 52.4 Å². The number of methoxy groups -OCH3 is 2. The molecule has 6 heteroatoms. The Morgan fingerprint density at radius 2 is 0.921 bits per heavy atom. The summed E-state index contributed by atoms with van der Waals surface area (Å²) >= 11 is 0. The molecule has 0 N–H and O–H groups in total. The third-order valence-corrected chi connectivity index (χ3v) is 6.59. The Balaban J connectivity index is 2.15. The summed E-state index contributed by atoms with van der Waals surface area (Å²) in [5.41, 5.74) is 6.01. The summed E-state index contributed by atoms with van der Waals surface area (Å²) in [6.45, 7) is 12.7. The van der Waals surface area contributed by atoms with Crippen molar-refractivity contribution in [3.05, 3.63) is 83.7 Å². The molecule has 2 heterocycles. The zero-order chi connectivity index (χ0) is 27.8. The van der Waals surface area contributed by atoms with E-state index in [-0.39, 0.29) is 10.8 Å². The molecular formula is C32H34F2N2O2. The molecule has 0 fully saturated rings. The number of halogens is 2. The van der Waals surface area contributed by atoms with E-state index in [0.717, 1.165) is 44.9 Å². The number of rotatable bonds is 5. The second kappa shape index (κ2) is 10.2. The van der Waals surface area contributed by atoms with Crippen molar-refractivity contribution < 1.29 is 18.3 Å². The van der Waals surface area contributed by atoms with E-state index in [9.17, 15) is 8.78 Å². The summed E-state index contributed by atoms with van der Waals surface area (Å²) < 4.78 is 39.4. The molecule has 2 aromatic heterocycles. The van der Waals surface area contributed by atoms with E-state index in [1.165, 1.54) is 24.5 Å². The van der Waals surface area contributed by atoms with Crippen molar-refractivity contribution in [1.29, 1.82) is 0 Å². The van der Waals surface area contributed by atoms with Crippen molar-refractivity contribution in [1.82, 2.24) is 9.97 Å². The number of aromatic nitrogens is 2. The molecule has 4 nitrogen and oxygen atoms in total. The second-order valence-corrected chi connectivity index (χ2v) is 11.4. The molecule has 4 rings (SSSR count). The van der Waals surface area contributed by atoms with Crippen molar-refractivity contribution in [3.63, 3.8) is 0 Å². The van der Waals surface area contributed by atoms with Crippen molar-refractivity contribution in [2.24, 2.45) is 0 Å². The number of pyridine rings is 2. The first-order valence-corrected chi connectivity index (χ1v) is 12.5. The van der Waals surface area contributed by atoms with E-state index < -0.39 is 11.6 Å². The van der Waals surface area contributed by atoms with Gasteiger partial charge >= 0.3 is 0 Å². The average Bonchev–Trinajstić information content (AvgIpc) is 2.87. The van der Waals surface area contributed by atoms with E-state index in [2.05, 4.69) is 63.6 Å². The molecular weight excluding hydrogens is 482 g/mol. The fourth-order valence-corrected chi connectivity index (χ4v) is 4.61. The van der Waals surface area contributed by atoms with Gasteiger partial charge in [-0.1, -0.05) is 41.5 Å². The molecule has 0 bridgehead atoms. The number of benzene rings is 2. The molecule has 0 spiro atoms.